The number of aromatic nitrogens is 2. The molecule has 2 aromatic rings. The Kier molecular flexibility index (Phi) is 4.05. The van der Waals surface area contributed by atoms with Crippen molar-refractivity contribution in [2.75, 3.05) is 13.2 Å². The zero-order valence-electron chi connectivity index (χ0n) is 9.76. The van der Waals surface area contributed by atoms with Crippen LogP contribution in [0.15, 0.2) is 24.4 Å². The maximum Gasteiger partial charge on any atom is 0.230 e. The lowest BCUT2D eigenvalue weighted by Crippen LogP contribution is -2.11. The van der Waals surface area contributed by atoms with Gasteiger partial charge in [-0.25, -0.2) is 4.98 Å². The van der Waals surface area contributed by atoms with Crippen LogP contribution in [-0.4, -0.2) is 22.6 Å². The van der Waals surface area contributed by atoms with Crippen LogP contribution in [0.4, 0.5) is 4.39 Å². The number of halogens is 1. The van der Waals surface area contributed by atoms with E-state index < -0.39 is 14.3 Å². The van der Waals surface area contributed by atoms with Gasteiger partial charge >= 0.3 is 0 Å². The van der Waals surface area contributed by atoms with Crippen LogP contribution in [0.25, 0.3) is 5.65 Å². The molecule has 0 saturated carbocycles. The molecule has 0 radical (unpaired) electrons. The van der Waals surface area contributed by atoms with Gasteiger partial charge in [-0.1, -0.05) is 6.07 Å². The normalized spacial score (nSPS) is 11.5. The lowest BCUT2D eigenvalue weighted by Gasteiger charge is -2.12. The fourth-order valence-corrected chi connectivity index (χ4v) is 2.69. The molecule has 0 aromatic carbocycles. The third-order valence-corrected chi connectivity index (χ3v) is 3.74. The van der Waals surface area contributed by atoms with Gasteiger partial charge in [0.2, 0.25) is 14.3 Å². The van der Waals surface area contributed by atoms with Gasteiger partial charge in [-0.2, -0.15) is 4.39 Å². The van der Waals surface area contributed by atoms with Crippen LogP contribution in [0.1, 0.15) is 13.8 Å². The minimum atomic E-state index is -1.43. The molecule has 0 aliphatic heterocycles. The van der Waals surface area contributed by atoms with Crippen LogP contribution >= 0.6 is 8.38 Å². The van der Waals surface area contributed by atoms with Crippen molar-refractivity contribution in [2.24, 2.45) is 0 Å². The Balaban J connectivity index is 2.42. The van der Waals surface area contributed by atoms with E-state index in [1.165, 1.54) is 4.40 Å². The average Bonchev–Trinajstić information content (AvgIpc) is 2.67. The molecule has 0 spiro atoms. The van der Waals surface area contributed by atoms with E-state index in [1.54, 1.807) is 18.3 Å². The van der Waals surface area contributed by atoms with Crippen LogP contribution in [0.5, 0.6) is 0 Å². The minimum Gasteiger partial charge on any atom is -0.330 e. The van der Waals surface area contributed by atoms with Crippen molar-refractivity contribution in [3.8, 4) is 0 Å². The fraction of sp³-hybridized carbons (Fsp3) is 0.364. The first-order valence-corrected chi connectivity index (χ1v) is 6.64. The molecule has 17 heavy (non-hydrogen) atoms. The molecule has 0 aliphatic rings. The van der Waals surface area contributed by atoms with E-state index in [0.29, 0.717) is 18.9 Å². The molecular weight excluding hydrogens is 242 g/mol. The largest absolute Gasteiger partial charge is 0.330 e. The Morgan fingerprint density at radius 1 is 1.29 bits per heavy atom. The molecule has 0 saturated heterocycles. The van der Waals surface area contributed by atoms with E-state index in [9.17, 15) is 4.39 Å². The van der Waals surface area contributed by atoms with E-state index >= 15 is 0 Å². The van der Waals surface area contributed by atoms with E-state index in [0.717, 1.165) is 0 Å². The Hall–Kier alpha value is -1.03. The van der Waals surface area contributed by atoms with E-state index in [2.05, 4.69) is 4.98 Å². The summed E-state index contributed by atoms with van der Waals surface area (Å²) in [6.07, 6.45) is 1.63. The van der Waals surface area contributed by atoms with Crippen LogP contribution in [0.3, 0.4) is 0 Å². The number of fused-ring (bicyclic) bond motifs is 1. The molecule has 0 fully saturated rings. The highest BCUT2D eigenvalue weighted by atomic mass is 31.2. The van der Waals surface area contributed by atoms with Gasteiger partial charge in [0.1, 0.15) is 5.65 Å². The Morgan fingerprint density at radius 2 is 2.00 bits per heavy atom. The quantitative estimate of drug-likeness (QED) is 0.771. The van der Waals surface area contributed by atoms with E-state index in [1.807, 2.05) is 19.9 Å². The molecule has 0 amide bonds. The van der Waals surface area contributed by atoms with Crippen molar-refractivity contribution in [3.63, 3.8) is 0 Å². The Morgan fingerprint density at radius 3 is 2.59 bits per heavy atom. The predicted molar refractivity (Wildman–Crippen MR) is 65.0 cm³/mol. The summed E-state index contributed by atoms with van der Waals surface area (Å²) < 4.78 is 26.3. The third kappa shape index (κ3) is 2.46. The number of hydrogen-bond donors (Lipinski definition) is 0. The summed E-state index contributed by atoms with van der Waals surface area (Å²) in [5, 5.41) is 0. The molecule has 2 heterocycles. The van der Waals surface area contributed by atoms with Crippen LogP contribution < -0.4 is 5.44 Å². The zero-order valence-corrected chi connectivity index (χ0v) is 10.7. The smallest absolute Gasteiger partial charge is 0.230 e. The summed E-state index contributed by atoms with van der Waals surface area (Å²) in [5.74, 6) is -0.409. The summed E-state index contributed by atoms with van der Waals surface area (Å²) >= 11 is 0. The molecule has 6 heteroatoms. The first-order valence-electron chi connectivity index (χ1n) is 5.46. The standard InChI is InChI=1S/C11H14FN2O2P/c1-3-15-17(16-4-2)11-10(12)14-8-6-5-7-9(14)13-11/h5-8H,3-4H2,1-2H3. The Labute approximate surface area is 100 Å². The van der Waals surface area contributed by atoms with Gasteiger partial charge in [-0.3, -0.25) is 4.40 Å². The lowest BCUT2D eigenvalue weighted by molar-refractivity contribution is 0.276. The fourth-order valence-electron chi connectivity index (χ4n) is 1.46. The minimum absolute atomic E-state index is 0.259. The molecule has 0 unspecified atom stereocenters. The van der Waals surface area contributed by atoms with Crippen molar-refractivity contribution >= 4 is 19.5 Å². The SMILES string of the molecule is CCOP(OCC)c1nc2ccccn2c1F. The van der Waals surface area contributed by atoms with Crippen molar-refractivity contribution in [3.05, 3.63) is 30.3 Å². The first-order chi connectivity index (χ1) is 8.27. The number of imidazole rings is 1. The monoisotopic (exact) mass is 256 g/mol. The molecular formula is C11H14FN2O2P. The predicted octanol–water partition coefficient (Wildman–Crippen LogP) is 2.48. The summed E-state index contributed by atoms with van der Waals surface area (Å²) in [6.45, 7) is 4.64. The van der Waals surface area contributed by atoms with Gasteiger partial charge in [0, 0.05) is 6.20 Å². The number of hydrogen-bond acceptors (Lipinski definition) is 3. The number of nitrogens with zero attached hydrogens (tertiary/aromatic N) is 2. The highest BCUT2D eigenvalue weighted by molar-refractivity contribution is 7.55. The molecule has 2 aromatic heterocycles. The second-order valence-corrected chi connectivity index (χ2v) is 4.70. The van der Waals surface area contributed by atoms with E-state index in [-0.39, 0.29) is 5.44 Å². The first kappa shape index (κ1) is 12.4. The van der Waals surface area contributed by atoms with E-state index in [4.69, 9.17) is 9.05 Å². The van der Waals surface area contributed by atoms with Crippen LogP contribution in [0.2, 0.25) is 0 Å². The third-order valence-electron chi connectivity index (χ3n) is 2.12. The zero-order chi connectivity index (χ0) is 12.3. The molecule has 0 N–H and O–H groups in total. The molecule has 2 rings (SSSR count). The lowest BCUT2D eigenvalue weighted by atomic mass is 10.5. The summed E-state index contributed by atoms with van der Waals surface area (Å²) in [6, 6.07) is 5.32. The van der Waals surface area contributed by atoms with Gasteiger partial charge in [0.25, 0.3) is 0 Å². The average molecular weight is 256 g/mol. The highest BCUT2D eigenvalue weighted by Gasteiger charge is 2.23. The summed E-state index contributed by atoms with van der Waals surface area (Å²) in [5.41, 5.74) is 0.821. The van der Waals surface area contributed by atoms with Crippen molar-refractivity contribution in [1.29, 1.82) is 0 Å². The van der Waals surface area contributed by atoms with Gasteiger partial charge in [-0.05, 0) is 26.0 Å². The second kappa shape index (κ2) is 5.54. The number of rotatable bonds is 5. The highest BCUT2D eigenvalue weighted by Crippen LogP contribution is 2.37. The van der Waals surface area contributed by atoms with Crippen molar-refractivity contribution < 1.29 is 13.4 Å². The Bertz CT molecular complexity index is 497. The van der Waals surface area contributed by atoms with Gasteiger partial charge in [-0.15, -0.1) is 0 Å². The molecule has 0 bridgehead atoms. The van der Waals surface area contributed by atoms with Crippen LogP contribution in [-0.2, 0) is 9.05 Å². The number of pyridine rings is 1. The van der Waals surface area contributed by atoms with Gasteiger partial charge in [0.05, 0.1) is 13.2 Å². The maximum atomic E-state index is 14.1. The van der Waals surface area contributed by atoms with Crippen LogP contribution in [0, 0.1) is 5.95 Å². The summed E-state index contributed by atoms with van der Waals surface area (Å²) in [4.78, 5) is 4.22. The molecule has 92 valence electrons. The van der Waals surface area contributed by atoms with Gasteiger partial charge < -0.3 is 9.05 Å². The van der Waals surface area contributed by atoms with Crippen molar-refractivity contribution in [1.82, 2.24) is 9.38 Å². The maximum absolute atomic E-state index is 14.1. The second-order valence-electron chi connectivity index (χ2n) is 3.25. The van der Waals surface area contributed by atoms with Crippen molar-refractivity contribution in [2.45, 2.75) is 13.8 Å². The molecule has 0 atom stereocenters. The molecule has 4 nitrogen and oxygen atoms in total. The molecule has 0 aliphatic carbocycles. The summed E-state index contributed by atoms with van der Waals surface area (Å²) in [7, 11) is -1.43. The topological polar surface area (TPSA) is 35.8 Å². The van der Waals surface area contributed by atoms with Gasteiger partial charge in [0.15, 0.2) is 5.44 Å².